The minimum atomic E-state index is 0.531. The molecular weight excluding hydrogens is 258 g/mol. The number of benzene rings is 1. The number of nitrogens with one attached hydrogen (secondary N) is 1. The Balaban J connectivity index is 1.89. The first-order valence-corrected chi connectivity index (χ1v) is 7.90. The largest absolute Gasteiger partial charge is 0.497 e. The van der Waals surface area contributed by atoms with Crippen molar-refractivity contribution in [3.8, 4) is 5.75 Å². The highest BCUT2D eigenvalue weighted by atomic mass is 32.2. The first-order valence-electron chi connectivity index (χ1n) is 6.91. The predicted molar refractivity (Wildman–Crippen MR) is 80.1 cm³/mol. The van der Waals surface area contributed by atoms with Crippen LogP contribution in [0.5, 0.6) is 5.75 Å². The summed E-state index contributed by atoms with van der Waals surface area (Å²) in [4.78, 5) is 1.26. The van der Waals surface area contributed by atoms with Crippen molar-refractivity contribution in [3.63, 3.8) is 0 Å². The van der Waals surface area contributed by atoms with Crippen LogP contribution < -0.4 is 10.1 Å². The number of hydrogen-bond acceptors (Lipinski definition) is 4. The van der Waals surface area contributed by atoms with E-state index in [0.717, 1.165) is 31.3 Å². The van der Waals surface area contributed by atoms with E-state index >= 15 is 0 Å². The van der Waals surface area contributed by atoms with Gasteiger partial charge in [0.1, 0.15) is 5.75 Å². The van der Waals surface area contributed by atoms with Crippen LogP contribution in [0, 0.1) is 5.92 Å². The average molecular weight is 281 g/mol. The molecule has 0 spiro atoms. The van der Waals surface area contributed by atoms with Crippen LogP contribution in [0.25, 0.3) is 0 Å². The molecule has 1 aromatic carbocycles. The summed E-state index contributed by atoms with van der Waals surface area (Å²) in [5.41, 5.74) is 0. The summed E-state index contributed by atoms with van der Waals surface area (Å²) in [6.45, 7) is 4.99. The van der Waals surface area contributed by atoms with Crippen molar-refractivity contribution in [2.24, 2.45) is 5.92 Å². The molecule has 19 heavy (non-hydrogen) atoms. The van der Waals surface area contributed by atoms with E-state index in [1.165, 1.54) is 11.3 Å². The molecule has 1 fully saturated rings. The van der Waals surface area contributed by atoms with Crippen LogP contribution in [0.4, 0.5) is 0 Å². The summed E-state index contributed by atoms with van der Waals surface area (Å²) >= 11 is 1.89. The zero-order chi connectivity index (χ0) is 13.5. The highest BCUT2D eigenvalue weighted by Crippen LogP contribution is 2.26. The van der Waals surface area contributed by atoms with E-state index < -0.39 is 0 Å². The van der Waals surface area contributed by atoms with E-state index in [9.17, 15) is 0 Å². The molecule has 0 radical (unpaired) electrons. The lowest BCUT2D eigenvalue weighted by atomic mass is 10.0. The SMILES string of the molecule is CCNC(CSc1cccc(OC)c1)C1CCOC1. The smallest absolute Gasteiger partial charge is 0.119 e. The Kier molecular flexibility index (Phi) is 6.01. The van der Waals surface area contributed by atoms with Gasteiger partial charge in [-0.1, -0.05) is 13.0 Å². The molecule has 2 atom stereocenters. The van der Waals surface area contributed by atoms with E-state index in [4.69, 9.17) is 9.47 Å². The maximum absolute atomic E-state index is 5.50. The second-order valence-corrected chi connectivity index (χ2v) is 5.87. The molecule has 0 aliphatic carbocycles. The Hall–Kier alpha value is -0.710. The highest BCUT2D eigenvalue weighted by Gasteiger charge is 2.25. The van der Waals surface area contributed by atoms with Gasteiger partial charge in [-0.25, -0.2) is 0 Å². The number of rotatable bonds is 7. The van der Waals surface area contributed by atoms with Gasteiger partial charge in [0.05, 0.1) is 13.7 Å². The molecule has 1 aromatic rings. The van der Waals surface area contributed by atoms with Gasteiger partial charge in [0.15, 0.2) is 0 Å². The topological polar surface area (TPSA) is 30.5 Å². The molecule has 106 valence electrons. The van der Waals surface area contributed by atoms with Crippen molar-refractivity contribution in [1.29, 1.82) is 0 Å². The zero-order valence-electron chi connectivity index (χ0n) is 11.7. The summed E-state index contributed by atoms with van der Waals surface area (Å²) < 4.78 is 10.8. The zero-order valence-corrected chi connectivity index (χ0v) is 12.5. The lowest BCUT2D eigenvalue weighted by molar-refractivity contribution is 0.179. The van der Waals surface area contributed by atoms with Crippen molar-refractivity contribution < 1.29 is 9.47 Å². The summed E-state index contributed by atoms with van der Waals surface area (Å²) in [5.74, 6) is 2.65. The van der Waals surface area contributed by atoms with E-state index in [1.54, 1.807) is 7.11 Å². The predicted octanol–water partition coefficient (Wildman–Crippen LogP) is 2.80. The second kappa shape index (κ2) is 7.78. The van der Waals surface area contributed by atoms with Crippen LogP contribution in [0.15, 0.2) is 29.2 Å². The van der Waals surface area contributed by atoms with Gasteiger partial charge in [-0.3, -0.25) is 0 Å². The fourth-order valence-electron chi connectivity index (χ4n) is 2.37. The third-order valence-electron chi connectivity index (χ3n) is 3.47. The minimum Gasteiger partial charge on any atom is -0.497 e. The van der Waals surface area contributed by atoms with Gasteiger partial charge in [0.2, 0.25) is 0 Å². The minimum absolute atomic E-state index is 0.531. The third kappa shape index (κ3) is 4.41. The lowest BCUT2D eigenvalue weighted by Crippen LogP contribution is -2.38. The van der Waals surface area contributed by atoms with Crippen molar-refractivity contribution in [2.45, 2.75) is 24.3 Å². The molecular formula is C15H23NO2S. The van der Waals surface area contributed by atoms with Gasteiger partial charge >= 0.3 is 0 Å². The van der Waals surface area contributed by atoms with Crippen LogP contribution >= 0.6 is 11.8 Å². The van der Waals surface area contributed by atoms with Crippen LogP contribution in [-0.4, -0.2) is 38.7 Å². The van der Waals surface area contributed by atoms with E-state index in [2.05, 4.69) is 24.4 Å². The van der Waals surface area contributed by atoms with E-state index in [0.29, 0.717) is 12.0 Å². The number of methoxy groups -OCH3 is 1. The Morgan fingerprint density at radius 2 is 2.42 bits per heavy atom. The van der Waals surface area contributed by atoms with Crippen molar-refractivity contribution in [2.75, 3.05) is 32.6 Å². The third-order valence-corrected chi connectivity index (χ3v) is 4.58. The van der Waals surface area contributed by atoms with Crippen LogP contribution in [0.2, 0.25) is 0 Å². The molecule has 3 nitrogen and oxygen atoms in total. The van der Waals surface area contributed by atoms with Crippen molar-refractivity contribution in [1.82, 2.24) is 5.32 Å². The Morgan fingerprint density at radius 3 is 3.11 bits per heavy atom. The molecule has 0 amide bonds. The Morgan fingerprint density at radius 1 is 1.53 bits per heavy atom. The number of ether oxygens (including phenoxy) is 2. The fraction of sp³-hybridized carbons (Fsp3) is 0.600. The van der Waals surface area contributed by atoms with E-state index in [1.807, 2.05) is 23.9 Å². The summed E-state index contributed by atoms with van der Waals surface area (Å²) in [5, 5.41) is 3.59. The maximum atomic E-state index is 5.50. The average Bonchev–Trinajstić information content (AvgIpc) is 2.97. The molecule has 2 unspecified atom stereocenters. The molecule has 4 heteroatoms. The van der Waals surface area contributed by atoms with Crippen LogP contribution in [-0.2, 0) is 4.74 Å². The molecule has 0 saturated carbocycles. The summed E-state index contributed by atoms with van der Waals surface area (Å²) in [7, 11) is 1.71. The monoisotopic (exact) mass is 281 g/mol. The van der Waals surface area contributed by atoms with Gasteiger partial charge in [0.25, 0.3) is 0 Å². The Bertz CT molecular complexity index is 380. The number of hydrogen-bond donors (Lipinski definition) is 1. The molecule has 1 heterocycles. The summed E-state index contributed by atoms with van der Waals surface area (Å²) in [6, 6.07) is 8.79. The molecule has 1 saturated heterocycles. The molecule has 1 N–H and O–H groups in total. The highest BCUT2D eigenvalue weighted by molar-refractivity contribution is 7.99. The van der Waals surface area contributed by atoms with Gasteiger partial charge in [0, 0.05) is 29.2 Å². The van der Waals surface area contributed by atoms with Gasteiger partial charge in [-0.2, -0.15) is 0 Å². The molecule has 1 aliphatic heterocycles. The molecule has 2 rings (SSSR count). The number of thioether (sulfide) groups is 1. The van der Waals surface area contributed by atoms with E-state index in [-0.39, 0.29) is 0 Å². The second-order valence-electron chi connectivity index (χ2n) is 4.78. The van der Waals surface area contributed by atoms with Crippen LogP contribution in [0.1, 0.15) is 13.3 Å². The van der Waals surface area contributed by atoms with Crippen molar-refractivity contribution in [3.05, 3.63) is 24.3 Å². The first-order chi connectivity index (χ1) is 9.33. The molecule has 0 aromatic heterocycles. The van der Waals surface area contributed by atoms with Crippen LogP contribution in [0.3, 0.4) is 0 Å². The van der Waals surface area contributed by atoms with Crippen molar-refractivity contribution >= 4 is 11.8 Å². The maximum Gasteiger partial charge on any atom is 0.119 e. The van der Waals surface area contributed by atoms with Gasteiger partial charge in [-0.15, -0.1) is 11.8 Å². The normalized spacial score (nSPS) is 20.4. The van der Waals surface area contributed by atoms with Gasteiger partial charge < -0.3 is 14.8 Å². The fourth-order valence-corrected chi connectivity index (χ4v) is 3.51. The molecule has 1 aliphatic rings. The first kappa shape index (κ1) is 14.7. The van der Waals surface area contributed by atoms with Gasteiger partial charge in [-0.05, 0) is 31.2 Å². The standard InChI is InChI=1S/C15H23NO2S/c1-3-16-15(12-7-8-18-10-12)11-19-14-6-4-5-13(9-14)17-2/h4-6,9,12,15-16H,3,7-8,10-11H2,1-2H3. The molecule has 0 bridgehead atoms. The Labute approximate surface area is 120 Å². The quantitative estimate of drug-likeness (QED) is 0.779. The lowest BCUT2D eigenvalue weighted by Gasteiger charge is -2.22. The summed E-state index contributed by atoms with van der Waals surface area (Å²) in [6.07, 6.45) is 1.18.